The topological polar surface area (TPSA) is 75.3 Å². The molecule has 2 N–H and O–H groups in total. The van der Waals surface area contributed by atoms with Gasteiger partial charge in [0.1, 0.15) is 0 Å². The zero-order valence-electron chi connectivity index (χ0n) is 10.4. The molecule has 0 radical (unpaired) electrons. The molecule has 0 saturated carbocycles. The Labute approximate surface area is 108 Å². The van der Waals surface area contributed by atoms with Crippen molar-refractivity contribution in [1.82, 2.24) is 10.6 Å². The molecule has 1 fully saturated rings. The van der Waals surface area contributed by atoms with E-state index < -0.39 is 9.84 Å². The van der Waals surface area contributed by atoms with Gasteiger partial charge >= 0.3 is 0 Å². The monoisotopic (exact) mass is 272 g/mol. The first-order valence-corrected chi connectivity index (χ1v) is 8.20. The number of rotatable bonds is 4. The van der Waals surface area contributed by atoms with Gasteiger partial charge in [0, 0.05) is 17.9 Å². The molecule has 2 aliphatic heterocycles. The first-order chi connectivity index (χ1) is 8.55. The maximum Gasteiger partial charge on any atom is 0.220 e. The summed E-state index contributed by atoms with van der Waals surface area (Å²) in [7, 11) is -3.08. The second-order valence-electron chi connectivity index (χ2n) is 5.02. The van der Waals surface area contributed by atoms with Crippen molar-refractivity contribution in [3.8, 4) is 0 Å². The molecule has 0 aromatic heterocycles. The fourth-order valence-electron chi connectivity index (χ4n) is 2.42. The van der Waals surface area contributed by atoms with Crippen molar-refractivity contribution < 1.29 is 13.2 Å². The van der Waals surface area contributed by atoms with E-state index in [4.69, 9.17) is 0 Å². The highest BCUT2D eigenvalue weighted by atomic mass is 32.2. The van der Waals surface area contributed by atoms with Gasteiger partial charge in [0.05, 0.1) is 11.8 Å². The van der Waals surface area contributed by atoms with E-state index in [0.717, 1.165) is 19.4 Å². The van der Waals surface area contributed by atoms with E-state index >= 15 is 0 Å². The zero-order valence-corrected chi connectivity index (χ0v) is 11.2. The maximum absolute atomic E-state index is 11.7. The molecule has 0 aromatic rings. The van der Waals surface area contributed by atoms with Gasteiger partial charge in [-0.05, 0) is 31.9 Å². The summed E-state index contributed by atoms with van der Waals surface area (Å²) in [5.74, 6) is -0.0606. The third-order valence-corrected chi connectivity index (χ3v) is 4.80. The van der Waals surface area contributed by atoms with E-state index in [1.807, 2.05) is 0 Å². The van der Waals surface area contributed by atoms with Crippen LogP contribution >= 0.6 is 0 Å². The molecule has 5 nitrogen and oxygen atoms in total. The van der Waals surface area contributed by atoms with Gasteiger partial charge in [-0.3, -0.25) is 4.79 Å². The molecule has 0 aliphatic carbocycles. The van der Waals surface area contributed by atoms with Crippen molar-refractivity contribution in [1.29, 1.82) is 0 Å². The Morgan fingerprint density at radius 1 is 1.39 bits per heavy atom. The van der Waals surface area contributed by atoms with Crippen LogP contribution in [0.4, 0.5) is 0 Å². The standard InChI is InChI=1S/C12H20N2O3S/c15-12(5-4-10-3-1-2-7-13-10)14-11-6-8-18(16,17)9-11/h6,8,10-11,13H,1-5,7,9H2,(H,14,15). The number of carbonyl (C=O) groups excluding carboxylic acids is 1. The van der Waals surface area contributed by atoms with Crippen LogP contribution in [0, 0.1) is 0 Å². The van der Waals surface area contributed by atoms with Gasteiger partial charge in [0.2, 0.25) is 5.91 Å². The molecule has 1 amide bonds. The molecule has 2 rings (SSSR count). The predicted octanol–water partition coefficient (Wildman–Crippen LogP) is 0.336. The SMILES string of the molecule is O=C(CCC1CCCCN1)NC1C=CS(=O)(=O)C1. The summed E-state index contributed by atoms with van der Waals surface area (Å²) >= 11 is 0. The van der Waals surface area contributed by atoms with E-state index in [0.29, 0.717) is 12.5 Å². The minimum atomic E-state index is -3.08. The lowest BCUT2D eigenvalue weighted by Gasteiger charge is -2.23. The summed E-state index contributed by atoms with van der Waals surface area (Å²) in [4.78, 5) is 11.7. The van der Waals surface area contributed by atoms with E-state index in [1.165, 1.54) is 18.2 Å². The highest BCUT2D eigenvalue weighted by molar-refractivity contribution is 7.94. The number of carbonyl (C=O) groups is 1. The van der Waals surface area contributed by atoms with Gasteiger partial charge in [-0.25, -0.2) is 8.42 Å². The van der Waals surface area contributed by atoms with Crippen molar-refractivity contribution in [2.45, 2.75) is 44.2 Å². The third kappa shape index (κ3) is 4.10. The number of hydrogen-bond acceptors (Lipinski definition) is 4. The van der Waals surface area contributed by atoms with Gasteiger partial charge in [-0.2, -0.15) is 0 Å². The minimum Gasteiger partial charge on any atom is -0.349 e. The van der Waals surface area contributed by atoms with Crippen LogP contribution < -0.4 is 10.6 Å². The highest BCUT2D eigenvalue weighted by Gasteiger charge is 2.23. The largest absolute Gasteiger partial charge is 0.349 e. The molecular weight excluding hydrogens is 252 g/mol. The highest BCUT2D eigenvalue weighted by Crippen LogP contribution is 2.12. The first kappa shape index (κ1) is 13.5. The van der Waals surface area contributed by atoms with Crippen LogP contribution in [0.15, 0.2) is 11.5 Å². The summed E-state index contributed by atoms with van der Waals surface area (Å²) < 4.78 is 22.4. The van der Waals surface area contributed by atoms with Gasteiger partial charge in [0.15, 0.2) is 9.84 Å². The average molecular weight is 272 g/mol. The molecule has 102 valence electrons. The fraction of sp³-hybridized carbons (Fsp3) is 0.750. The Bertz CT molecular complexity index is 425. The molecule has 0 aromatic carbocycles. The molecule has 2 heterocycles. The molecule has 6 heteroatoms. The number of piperidine rings is 1. The Kier molecular flexibility index (Phi) is 4.40. The molecule has 2 atom stereocenters. The lowest BCUT2D eigenvalue weighted by Crippen LogP contribution is -2.38. The Morgan fingerprint density at radius 3 is 2.83 bits per heavy atom. The average Bonchev–Trinajstić information content (AvgIpc) is 2.67. The van der Waals surface area contributed by atoms with Crippen LogP contribution in [0.25, 0.3) is 0 Å². The lowest BCUT2D eigenvalue weighted by atomic mass is 10.0. The summed E-state index contributed by atoms with van der Waals surface area (Å²) in [6, 6.07) is 0.0918. The number of nitrogens with one attached hydrogen (secondary N) is 2. The fourth-order valence-corrected chi connectivity index (χ4v) is 3.66. The lowest BCUT2D eigenvalue weighted by molar-refractivity contribution is -0.121. The van der Waals surface area contributed by atoms with Crippen LogP contribution in [-0.2, 0) is 14.6 Å². The van der Waals surface area contributed by atoms with Gasteiger partial charge in [0.25, 0.3) is 0 Å². The second-order valence-corrected chi connectivity index (χ2v) is 6.95. The summed E-state index contributed by atoms with van der Waals surface area (Å²) in [6.07, 6.45) is 6.41. The van der Waals surface area contributed by atoms with Gasteiger partial charge < -0.3 is 10.6 Å². The maximum atomic E-state index is 11.7. The Morgan fingerprint density at radius 2 is 2.22 bits per heavy atom. The van der Waals surface area contributed by atoms with E-state index in [-0.39, 0.29) is 17.7 Å². The van der Waals surface area contributed by atoms with E-state index in [1.54, 1.807) is 6.08 Å². The molecular formula is C12H20N2O3S. The smallest absolute Gasteiger partial charge is 0.220 e. The number of hydrogen-bond donors (Lipinski definition) is 2. The molecule has 18 heavy (non-hydrogen) atoms. The molecule has 0 bridgehead atoms. The van der Waals surface area contributed by atoms with Crippen molar-refractivity contribution in [3.05, 3.63) is 11.5 Å². The van der Waals surface area contributed by atoms with Crippen molar-refractivity contribution in [2.75, 3.05) is 12.3 Å². The minimum absolute atomic E-state index is 0.000415. The van der Waals surface area contributed by atoms with Crippen molar-refractivity contribution >= 4 is 15.7 Å². The van der Waals surface area contributed by atoms with E-state index in [9.17, 15) is 13.2 Å². The van der Waals surface area contributed by atoms with Crippen molar-refractivity contribution in [3.63, 3.8) is 0 Å². The Hall–Kier alpha value is -0.880. The van der Waals surface area contributed by atoms with Gasteiger partial charge in [-0.1, -0.05) is 6.42 Å². The van der Waals surface area contributed by atoms with Crippen LogP contribution in [0.5, 0.6) is 0 Å². The number of sulfone groups is 1. The second kappa shape index (κ2) is 5.84. The van der Waals surface area contributed by atoms with E-state index in [2.05, 4.69) is 10.6 Å². The molecule has 0 spiro atoms. The van der Waals surface area contributed by atoms with Crippen LogP contribution in [0.3, 0.4) is 0 Å². The summed E-state index contributed by atoms with van der Waals surface area (Å²) in [5, 5.41) is 7.31. The Balaban J connectivity index is 1.68. The molecule has 2 unspecified atom stereocenters. The van der Waals surface area contributed by atoms with Crippen LogP contribution in [-0.4, -0.2) is 38.7 Å². The quantitative estimate of drug-likeness (QED) is 0.773. The van der Waals surface area contributed by atoms with Crippen molar-refractivity contribution in [2.24, 2.45) is 0 Å². The molecule has 1 saturated heterocycles. The normalized spacial score (nSPS) is 30.2. The molecule has 2 aliphatic rings. The number of amides is 1. The predicted molar refractivity (Wildman–Crippen MR) is 69.7 cm³/mol. The van der Waals surface area contributed by atoms with Crippen LogP contribution in [0.2, 0.25) is 0 Å². The zero-order chi connectivity index (χ0) is 13.0. The summed E-state index contributed by atoms with van der Waals surface area (Å²) in [6.45, 7) is 1.04. The van der Waals surface area contributed by atoms with Gasteiger partial charge in [-0.15, -0.1) is 0 Å². The first-order valence-electron chi connectivity index (χ1n) is 6.49. The summed E-state index contributed by atoms with van der Waals surface area (Å²) in [5.41, 5.74) is 0. The third-order valence-electron chi connectivity index (χ3n) is 3.41. The van der Waals surface area contributed by atoms with Crippen LogP contribution in [0.1, 0.15) is 32.1 Å².